The lowest BCUT2D eigenvalue weighted by Crippen LogP contribution is -2.13. The molecule has 0 fully saturated rings. The van der Waals surface area contributed by atoms with E-state index in [1.54, 1.807) is 0 Å². The van der Waals surface area contributed by atoms with Crippen molar-refractivity contribution in [1.29, 1.82) is 0 Å². The van der Waals surface area contributed by atoms with Gasteiger partial charge in [0.25, 0.3) is 0 Å². The maximum absolute atomic E-state index is 11.6. The van der Waals surface area contributed by atoms with Crippen LogP contribution >= 0.6 is 0 Å². The maximum Gasteiger partial charge on any atom is 0.239 e. The second-order valence-corrected chi connectivity index (χ2v) is 6.48. The zero-order valence-corrected chi connectivity index (χ0v) is 11.3. The van der Waals surface area contributed by atoms with Gasteiger partial charge in [-0.1, -0.05) is 39.3 Å². The standard InChI is InChI=1S/C11H20N2O2S/c1-5-6-7-16(14)8-9-12-10(13-15-9)11(2,3)4/h5-8H2,1-4H3. The molecule has 0 bridgehead atoms. The highest BCUT2D eigenvalue weighted by atomic mass is 32.2. The molecule has 0 saturated heterocycles. The highest BCUT2D eigenvalue weighted by molar-refractivity contribution is 7.84. The van der Waals surface area contributed by atoms with Crippen LogP contribution in [0.5, 0.6) is 0 Å². The summed E-state index contributed by atoms with van der Waals surface area (Å²) >= 11 is 0. The van der Waals surface area contributed by atoms with Crippen LogP contribution in [-0.4, -0.2) is 20.1 Å². The van der Waals surface area contributed by atoms with Crippen molar-refractivity contribution in [3.8, 4) is 0 Å². The van der Waals surface area contributed by atoms with Crippen LogP contribution in [0.3, 0.4) is 0 Å². The minimum atomic E-state index is -0.881. The SMILES string of the molecule is CCCCS(=O)Cc1nc(C(C)(C)C)no1. The maximum atomic E-state index is 11.6. The summed E-state index contributed by atoms with van der Waals surface area (Å²) in [6.07, 6.45) is 2.04. The lowest BCUT2D eigenvalue weighted by Gasteiger charge is -2.10. The average Bonchev–Trinajstić information content (AvgIpc) is 2.62. The van der Waals surface area contributed by atoms with E-state index in [1.807, 2.05) is 20.8 Å². The van der Waals surface area contributed by atoms with Crippen LogP contribution in [0.2, 0.25) is 0 Å². The second-order valence-electron chi connectivity index (χ2n) is 4.90. The van der Waals surface area contributed by atoms with Crippen LogP contribution < -0.4 is 0 Å². The molecule has 1 unspecified atom stereocenters. The Morgan fingerprint density at radius 1 is 1.38 bits per heavy atom. The summed E-state index contributed by atoms with van der Waals surface area (Å²) in [5, 5.41) is 3.90. The number of unbranched alkanes of at least 4 members (excludes halogenated alkanes) is 1. The molecule has 4 nitrogen and oxygen atoms in total. The van der Waals surface area contributed by atoms with E-state index in [0.29, 0.717) is 23.2 Å². The topological polar surface area (TPSA) is 56.0 Å². The molecule has 92 valence electrons. The molecule has 1 aromatic heterocycles. The largest absolute Gasteiger partial charge is 0.338 e. The van der Waals surface area contributed by atoms with E-state index >= 15 is 0 Å². The van der Waals surface area contributed by atoms with Crippen LogP contribution in [-0.2, 0) is 22.0 Å². The lowest BCUT2D eigenvalue weighted by atomic mass is 9.96. The van der Waals surface area contributed by atoms with E-state index in [1.165, 1.54) is 0 Å². The van der Waals surface area contributed by atoms with Gasteiger partial charge in [0.05, 0.1) is 0 Å². The van der Waals surface area contributed by atoms with E-state index in [9.17, 15) is 4.21 Å². The molecule has 0 aliphatic carbocycles. The van der Waals surface area contributed by atoms with Gasteiger partial charge >= 0.3 is 0 Å². The first-order valence-electron chi connectivity index (χ1n) is 5.61. The average molecular weight is 244 g/mol. The van der Waals surface area contributed by atoms with Crippen molar-refractivity contribution >= 4 is 10.8 Å². The highest BCUT2D eigenvalue weighted by Crippen LogP contribution is 2.18. The first kappa shape index (κ1) is 13.4. The van der Waals surface area contributed by atoms with Gasteiger partial charge in [-0.05, 0) is 6.42 Å². The van der Waals surface area contributed by atoms with Crippen LogP contribution in [0.15, 0.2) is 4.52 Å². The Morgan fingerprint density at radius 3 is 2.56 bits per heavy atom. The van der Waals surface area contributed by atoms with Gasteiger partial charge in [-0.25, -0.2) is 0 Å². The molecule has 1 aromatic rings. The van der Waals surface area contributed by atoms with Crippen LogP contribution in [0.4, 0.5) is 0 Å². The van der Waals surface area contributed by atoms with Crippen molar-refractivity contribution in [1.82, 2.24) is 10.1 Å². The Morgan fingerprint density at radius 2 is 2.06 bits per heavy atom. The molecular formula is C11H20N2O2S. The summed E-state index contributed by atoms with van der Waals surface area (Å²) in [4.78, 5) is 4.26. The van der Waals surface area contributed by atoms with Crippen molar-refractivity contribution in [3.05, 3.63) is 11.7 Å². The molecule has 0 amide bonds. The number of hydrogen-bond acceptors (Lipinski definition) is 4. The van der Waals surface area contributed by atoms with Gasteiger partial charge < -0.3 is 4.52 Å². The molecule has 1 atom stereocenters. The second kappa shape index (κ2) is 5.57. The van der Waals surface area contributed by atoms with Gasteiger partial charge in [0.1, 0.15) is 5.75 Å². The predicted molar refractivity (Wildman–Crippen MR) is 64.6 cm³/mol. The van der Waals surface area contributed by atoms with Gasteiger partial charge in [0, 0.05) is 22.0 Å². The van der Waals surface area contributed by atoms with Crippen molar-refractivity contribution in [2.24, 2.45) is 0 Å². The first-order valence-corrected chi connectivity index (χ1v) is 7.10. The molecule has 0 spiro atoms. The first-order chi connectivity index (χ1) is 7.43. The molecule has 1 heterocycles. The van der Waals surface area contributed by atoms with Gasteiger partial charge in [-0.2, -0.15) is 4.98 Å². The van der Waals surface area contributed by atoms with Crippen molar-refractivity contribution in [3.63, 3.8) is 0 Å². The Kier molecular flexibility index (Phi) is 4.65. The fourth-order valence-electron chi connectivity index (χ4n) is 1.13. The molecule has 0 radical (unpaired) electrons. The van der Waals surface area contributed by atoms with Gasteiger partial charge in [0.2, 0.25) is 5.89 Å². The van der Waals surface area contributed by atoms with E-state index < -0.39 is 10.8 Å². The Bertz CT molecular complexity index is 355. The van der Waals surface area contributed by atoms with Crippen molar-refractivity contribution in [2.45, 2.75) is 51.7 Å². The zero-order valence-electron chi connectivity index (χ0n) is 10.4. The van der Waals surface area contributed by atoms with Crippen molar-refractivity contribution in [2.75, 3.05) is 5.75 Å². The van der Waals surface area contributed by atoms with Gasteiger partial charge in [0.15, 0.2) is 5.82 Å². The van der Waals surface area contributed by atoms with E-state index in [-0.39, 0.29) is 5.41 Å². The molecule has 0 aromatic carbocycles. The Balaban J connectivity index is 2.56. The summed E-state index contributed by atoms with van der Waals surface area (Å²) < 4.78 is 16.7. The summed E-state index contributed by atoms with van der Waals surface area (Å²) in [5.41, 5.74) is -0.118. The number of aromatic nitrogens is 2. The highest BCUT2D eigenvalue weighted by Gasteiger charge is 2.21. The molecular weight excluding hydrogens is 224 g/mol. The lowest BCUT2D eigenvalue weighted by molar-refractivity contribution is 0.372. The zero-order chi connectivity index (χ0) is 12.2. The number of hydrogen-bond donors (Lipinski definition) is 0. The quantitative estimate of drug-likeness (QED) is 0.798. The molecule has 0 aliphatic heterocycles. The summed E-state index contributed by atoms with van der Waals surface area (Å²) in [6.45, 7) is 8.16. The summed E-state index contributed by atoms with van der Waals surface area (Å²) in [5.74, 6) is 2.25. The fraction of sp³-hybridized carbons (Fsp3) is 0.818. The summed E-state index contributed by atoms with van der Waals surface area (Å²) in [6, 6.07) is 0. The molecule has 0 saturated carbocycles. The van der Waals surface area contributed by atoms with E-state index in [2.05, 4.69) is 17.1 Å². The third-order valence-corrected chi connectivity index (χ3v) is 3.46. The monoisotopic (exact) mass is 244 g/mol. The van der Waals surface area contributed by atoms with Crippen LogP contribution in [0.25, 0.3) is 0 Å². The van der Waals surface area contributed by atoms with Gasteiger partial charge in [-0.15, -0.1) is 0 Å². The van der Waals surface area contributed by atoms with Crippen LogP contribution in [0, 0.1) is 0 Å². The molecule has 16 heavy (non-hydrogen) atoms. The molecule has 0 N–H and O–H groups in total. The number of nitrogens with zero attached hydrogens (tertiary/aromatic N) is 2. The third kappa shape index (κ3) is 4.04. The normalized spacial score (nSPS) is 14.0. The third-order valence-electron chi connectivity index (χ3n) is 2.15. The smallest absolute Gasteiger partial charge is 0.239 e. The van der Waals surface area contributed by atoms with E-state index in [4.69, 9.17) is 4.52 Å². The molecule has 1 rings (SSSR count). The molecule has 0 aliphatic rings. The minimum absolute atomic E-state index is 0.118. The van der Waals surface area contributed by atoms with Gasteiger partial charge in [-0.3, -0.25) is 4.21 Å². The Hall–Kier alpha value is -0.710. The summed E-state index contributed by atoms with van der Waals surface area (Å²) in [7, 11) is -0.881. The van der Waals surface area contributed by atoms with Crippen LogP contribution in [0.1, 0.15) is 52.3 Å². The predicted octanol–water partition coefficient (Wildman–Crippen LogP) is 2.42. The number of rotatable bonds is 5. The minimum Gasteiger partial charge on any atom is -0.338 e. The van der Waals surface area contributed by atoms with Crippen molar-refractivity contribution < 1.29 is 8.73 Å². The van der Waals surface area contributed by atoms with E-state index in [0.717, 1.165) is 12.8 Å². The Labute approximate surface area is 99.3 Å². The molecule has 5 heteroatoms. The fourth-order valence-corrected chi connectivity index (χ4v) is 2.28.